The number of nitrogens with one attached hydrogen (secondary N) is 2. The maximum Gasteiger partial charge on any atom is 0.224 e. The van der Waals surface area contributed by atoms with Gasteiger partial charge in [-0.3, -0.25) is 9.59 Å². The van der Waals surface area contributed by atoms with Crippen molar-refractivity contribution in [3.63, 3.8) is 0 Å². The van der Waals surface area contributed by atoms with E-state index in [1.54, 1.807) is 0 Å². The second kappa shape index (κ2) is 11.7. The van der Waals surface area contributed by atoms with Crippen molar-refractivity contribution in [1.29, 1.82) is 0 Å². The van der Waals surface area contributed by atoms with Crippen LogP contribution in [-0.2, 0) is 9.59 Å². The highest BCUT2D eigenvalue weighted by atomic mass is 35.5. The number of carbonyl (C=O) groups excluding carboxylic acids is 2. The van der Waals surface area contributed by atoms with Gasteiger partial charge in [-0.1, -0.05) is 26.2 Å². The molecule has 1 saturated carbocycles. The number of carbonyl (C=O) groups is 2. The van der Waals surface area contributed by atoms with Gasteiger partial charge in [-0.2, -0.15) is 0 Å². The van der Waals surface area contributed by atoms with Crippen LogP contribution in [0.2, 0.25) is 0 Å². The van der Waals surface area contributed by atoms with Crippen molar-refractivity contribution >= 4 is 24.2 Å². The van der Waals surface area contributed by atoms with Crippen LogP contribution in [0.1, 0.15) is 65.2 Å². The van der Waals surface area contributed by atoms with Crippen molar-refractivity contribution in [2.24, 2.45) is 11.8 Å². The Kier molecular flexibility index (Phi) is 10.4. The molecule has 146 valence electrons. The molecule has 1 aliphatic carbocycles. The molecule has 0 aromatic rings. The van der Waals surface area contributed by atoms with Gasteiger partial charge in [-0.05, 0) is 51.6 Å². The van der Waals surface area contributed by atoms with Crippen molar-refractivity contribution in [1.82, 2.24) is 15.5 Å². The number of piperidine rings is 1. The standard InChI is InChI=1S/C19H35N3O2.ClH/c1-3-20-14-16-9-11-22(12-10-16)18(23)13-15(2)21-19(24)17-7-5-4-6-8-17;/h15-17,20H,3-14H2,1-2H3,(H,21,24);1H. The average molecular weight is 374 g/mol. The molecule has 25 heavy (non-hydrogen) atoms. The lowest BCUT2D eigenvalue weighted by molar-refractivity contribution is -0.133. The number of amides is 2. The highest BCUT2D eigenvalue weighted by Gasteiger charge is 2.26. The molecular formula is C19H36ClN3O2. The SMILES string of the molecule is CCNCC1CCN(C(=O)CC(C)NC(=O)C2CCCCC2)CC1.Cl. The molecule has 0 aromatic heterocycles. The first-order valence-electron chi connectivity index (χ1n) is 9.89. The Bertz CT molecular complexity index is 405. The minimum absolute atomic E-state index is 0. The van der Waals surface area contributed by atoms with Gasteiger partial charge in [0.25, 0.3) is 0 Å². The summed E-state index contributed by atoms with van der Waals surface area (Å²) >= 11 is 0. The predicted molar refractivity (Wildman–Crippen MR) is 104 cm³/mol. The molecule has 2 N–H and O–H groups in total. The third kappa shape index (κ3) is 7.53. The highest BCUT2D eigenvalue weighted by Crippen LogP contribution is 2.24. The third-order valence-corrected chi connectivity index (χ3v) is 5.50. The summed E-state index contributed by atoms with van der Waals surface area (Å²) in [5.74, 6) is 1.20. The predicted octanol–water partition coefficient (Wildman–Crippen LogP) is 2.73. The monoisotopic (exact) mass is 373 g/mol. The summed E-state index contributed by atoms with van der Waals surface area (Å²) in [7, 11) is 0. The van der Waals surface area contributed by atoms with E-state index in [2.05, 4.69) is 17.6 Å². The summed E-state index contributed by atoms with van der Waals surface area (Å²) in [5.41, 5.74) is 0. The zero-order valence-corrected chi connectivity index (χ0v) is 16.7. The van der Waals surface area contributed by atoms with Gasteiger partial charge in [0.05, 0.1) is 0 Å². The minimum atomic E-state index is -0.0635. The molecule has 1 heterocycles. The van der Waals surface area contributed by atoms with Crippen LogP contribution in [0.4, 0.5) is 0 Å². The Labute approximate surface area is 159 Å². The fraction of sp³-hybridized carbons (Fsp3) is 0.895. The molecule has 2 rings (SSSR count). The fourth-order valence-electron chi connectivity index (χ4n) is 3.90. The first-order valence-corrected chi connectivity index (χ1v) is 9.89. The summed E-state index contributed by atoms with van der Waals surface area (Å²) in [6.45, 7) is 7.87. The van der Waals surface area contributed by atoms with Crippen molar-refractivity contribution in [2.75, 3.05) is 26.2 Å². The van der Waals surface area contributed by atoms with Crippen molar-refractivity contribution < 1.29 is 9.59 Å². The summed E-state index contributed by atoms with van der Waals surface area (Å²) in [6, 6.07) is -0.0635. The first kappa shape index (κ1) is 22.2. The summed E-state index contributed by atoms with van der Waals surface area (Å²) < 4.78 is 0. The smallest absolute Gasteiger partial charge is 0.224 e. The Morgan fingerprint density at radius 3 is 2.32 bits per heavy atom. The van der Waals surface area contributed by atoms with E-state index in [1.165, 1.54) is 6.42 Å². The number of nitrogens with zero attached hydrogens (tertiary/aromatic N) is 1. The van der Waals surface area contributed by atoms with E-state index >= 15 is 0 Å². The van der Waals surface area contributed by atoms with Crippen LogP contribution in [0.25, 0.3) is 0 Å². The van der Waals surface area contributed by atoms with Gasteiger partial charge in [0.1, 0.15) is 0 Å². The van der Waals surface area contributed by atoms with Crippen LogP contribution in [-0.4, -0.2) is 48.9 Å². The van der Waals surface area contributed by atoms with E-state index < -0.39 is 0 Å². The zero-order valence-electron chi connectivity index (χ0n) is 15.9. The van der Waals surface area contributed by atoms with Crippen LogP contribution in [0.15, 0.2) is 0 Å². The topological polar surface area (TPSA) is 61.4 Å². The molecule has 0 radical (unpaired) electrons. The molecule has 2 fully saturated rings. The molecule has 2 amide bonds. The zero-order chi connectivity index (χ0) is 17.4. The van der Waals surface area contributed by atoms with E-state index in [4.69, 9.17) is 0 Å². The van der Waals surface area contributed by atoms with Crippen molar-refractivity contribution in [3.05, 3.63) is 0 Å². The van der Waals surface area contributed by atoms with Gasteiger partial charge >= 0.3 is 0 Å². The van der Waals surface area contributed by atoms with Crippen molar-refractivity contribution in [2.45, 2.75) is 71.3 Å². The lowest BCUT2D eigenvalue weighted by atomic mass is 9.88. The first-order chi connectivity index (χ1) is 11.6. The van der Waals surface area contributed by atoms with E-state index in [-0.39, 0.29) is 36.2 Å². The van der Waals surface area contributed by atoms with Crippen LogP contribution in [0, 0.1) is 11.8 Å². The maximum absolute atomic E-state index is 12.4. The third-order valence-electron chi connectivity index (χ3n) is 5.50. The molecule has 1 aliphatic heterocycles. The molecule has 6 heteroatoms. The molecule has 2 aliphatic rings. The van der Waals surface area contributed by atoms with Crippen LogP contribution < -0.4 is 10.6 Å². The van der Waals surface area contributed by atoms with Gasteiger partial charge in [-0.25, -0.2) is 0 Å². The molecule has 1 atom stereocenters. The molecular weight excluding hydrogens is 338 g/mol. The maximum atomic E-state index is 12.4. The lowest BCUT2D eigenvalue weighted by Gasteiger charge is -2.33. The number of hydrogen-bond donors (Lipinski definition) is 2. The second-order valence-electron chi connectivity index (χ2n) is 7.58. The Morgan fingerprint density at radius 1 is 1.08 bits per heavy atom. The molecule has 1 unspecified atom stereocenters. The van der Waals surface area contributed by atoms with Gasteiger partial charge in [0, 0.05) is 31.5 Å². The second-order valence-corrected chi connectivity index (χ2v) is 7.58. The summed E-state index contributed by atoms with van der Waals surface area (Å²) in [6.07, 6.45) is 8.18. The Hall–Kier alpha value is -0.810. The summed E-state index contributed by atoms with van der Waals surface area (Å²) in [5, 5.41) is 6.46. The quantitative estimate of drug-likeness (QED) is 0.721. The van der Waals surface area contributed by atoms with E-state index in [1.807, 2.05) is 11.8 Å². The summed E-state index contributed by atoms with van der Waals surface area (Å²) in [4.78, 5) is 26.7. The van der Waals surface area contributed by atoms with Gasteiger partial charge in [0.2, 0.25) is 11.8 Å². The largest absolute Gasteiger partial charge is 0.353 e. The number of rotatable bonds is 7. The molecule has 5 nitrogen and oxygen atoms in total. The molecule has 1 saturated heterocycles. The van der Waals surface area contributed by atoms with E-state index in [9.17, 15) is 9.59 Å². The highest BCUT2D eigenvalue weighted by molar-refractivity contribution is 5.85. The van der Waals surface area contributed by atoms with E-state index in [0.29, 0.717) is 12.3 Å². The molecule has 0 spiro atoms. The molecule has 0 aromatic carbocycles. The number of likely N-dealkylation sites (tertiary alicyclic amines) is 1. The normalized spacial score (nSPS) is 20.6. The van der Waals surface area contributed by atoms with Crippen LogP contribution >= 0.6 is 12.4 Å². The average Bonchev–Trinajstić information content (AvgIpc) is 2.61. The molecule has 0 bridgehead atoms. The van der Waals surface area contributed by atoms with Gasteiger partial charge in [0.15, 0.2) is 0 Å². The Balaban J connectivity index is 0.00000312. The fourth-order valence-corrected chi connectivity index (χ4v) is 3.90. The van der Waals surface area contributed by atoms with Crippen LogP contribution in [0.3, 0.4) is 0 Å². The van der Waals surface area contributed by atoms with Crippen molar-refractivity contribution in [3.8, 4) is 0 Å². The number of halogens is 1. The minimum Gasteiger partial charge on any atom is -0.353 e. The number of hydrogen-bond acceptors (Lipinski definition) is 3. The van der Waals surface area contributed by atoms with Gasteiger partial charge < -0.3 is 15.5 Å². The lowest BCUT2D eigenvalue weighted by Crippen LogP contribution is -2.44. The van der Waals surface area contributed by atoms with Crippen LogP contribution in [0.5, 0.6) is 0 Å². The van der Waals surface area contributed by atoms with Gasteiger partial charge in [-0.15, -0.1) is 12.4 Å². The van der Waals surface area contributed by atoms with E-state index in [0.717, 1.165) is 64.7 Å². The Morgan fingerprint density at radius 2 is 1.72 bits per heavy atom.